The lowest BCUT2D eigenvalue weighted by atomic mass is 10.2. The predicted octanol–water partition coefficient (Wildman–Crippen LogP) is 1.11. The number of carbonyl (C=O) groups is 2. The topological polar surface area (TPSA) is 66.6 Å². The zero-order chi connectivity index (χ0) is 15.2. The van der Waals surface area contributed by atoms with Crippen molar-refractivity contribution in [1.82, 2.24) is 9.80 Å². The summed E-state index contributed by atoms with van der Waals surface area (Å²) in [5.41, 5.74) is 5.92. The number of thiophene rings is 1. The van der Waals surface area contributed by atoms with E-state index in [9.17, 15) is 9.59 Å². The molecule has 0 aliphatic carbocycles. The van der Waals surface area contributed by atoms with Gasteiger partial charge in [-0.3, -0.25) is 9.59 Å². The van der Waals surface area contributed by atoms with Gasteiger partial charge in [-0.15, -0.1) is 11.3 Å². The highest BCUT2D eigenvalue weighted by Crippen LogP contribution is 2.14. The van der Waals surface area contributed by atoms with Gasteiger partial charge in [0.05, 0.1) is 10.9 Å². The molecular formula is C14H21N3O2S2. The van der Waals surface area contributed by atoms with E-state index in [0.29, 0.717) is 32.6 Å². The van der Waals surface area contributed by atoms with Gasteiger partial charge in [0, 0.05) is 26.2 Å². The molecule has 2 N–H and O–H groups in total. The van der Waals surface area contributed by atoms with E-state index in [0.717, 1.165) is 10.6 Å². The second-order valence-electron chi connectivity index (χ2n) is 4.98. The minimum atomic E-state index is -0.419. The summed E-state index contributed by atoms with van der Waals surface area (Å²) >= 11 is 3.15. The molecule has 0 saturated carbocycles. The smallest absolute Gasteiger partial charge is 0.264 e. The van der Waals surface area contributed by atoms with E-state index < -0.39 is 6.04 Å². The molecule has 5 nitrogen and oxygen atoms in total. The van der Waals surface area contributed by atoms with Gasteiger partial charge in [-0.2, -0.15) is 11.8 Å². The van der Waals surface area contributed by atoms with Crippen molar-refractivity contribution in [2.24, 2.45) is 5.73 Å². The lowest BCUT2D eigenvalue weighted by molar-refractivity contribution is -0.134. The van der Waals surface area contributed by atoms with Gasteiger partial charge in [0.2, 0.25) is 5.91 Å². The summed E-state index contributed by atoms with van der Waals surface area (Å²) in [5, 5.41) is 1.90. The first kappa shape index (κ1) is 16.3. The lowest BCUT2D eigenvalue weighted by Crippen LogP contribution is -2.54. The van der Waals surface area contributed by atoms with E-state index in [2.05, 4.69) is 0 Å². The highest BCUT2D eigenvalue weighted by molar-refractivity contribution is 7.98. The summed E-state index contributed by atoms with van der Waals surface area (Å²) in [6.07, 6.45) is 2.71. The Balaban J connectivity index is 1.83. The van der Waals surface area contributed by atoms with E-state index in [1.165, 1.54) is 11.3 Å². The summed E-state index contributed by atoms with van der Waals surface area (Å²) < 4.78 is 0. The van der Waals surface area contributed by atoms with Crippen LogP contribution in [0, 0.1) is 0 Å². The van der Waals surface area contributed by atoms with Crippen molar-refractivity contribution >= 4 is 34.9 Å². The van der Waals surface area contributed by atoms with Crippen LogP contribution in [0.25, 0.3) is 0 Å². The quantitative estimate of drug-likeness (QED) is 0.880. The van der Waals surface area contributed by atoms with Crippen LogP contribution >= 0.6 is 23.1 Å². The molecule has 1 fully saturated rings. The average Bonchev–Trinajstić information content (AvgIpc) is 3.05. The fraction of sp³-hybridized carbons (Fsp3) is 0.571. The number of nitrogens with zero attached hydrogens (tertiary/aromatic N) is 2. The molecule has 1 aliphatic heterocycles. The molecule has 1 atom stereocenters. The maximum Gasteiger partial charge on any atom is 0.264 e. The molecule has 1 aromatic rings. The van der Waals surface area contributed by atoms with Crippen LogP contribution in [0.5, 0.6) is 0 Å². The van der Waals surface area contributed by atoms with Crippen LogP contribution in [-0.2, 0) is 4.79 Å². The molecule has 116 valence electrons. The largest absolute Gasteiger partial charge is 0.338 e. The first-order valence-electron chi connectivity index (χ1n) is 6.99. The van der Waals surface area contributed by atoms with Gasteiger partial charge in [-0.1, -0.05) is 6.07 Å². The van der Waals surface area contributed by atoms with Crippen molar-refractivity contribution in [1.29, 1.82) is 0 Å². The van der Waals surface area contributed by atoms with Gasteiger partial charge in [-0.05, 0) is 29.9 Å². The number of thioether (sulfide) groups is 1. The number of hydrogen-bond acceptors (Lipinski definition) is 5. The van der Waals surface area contributed by atoms with Crippen LogP contribution in [0.15, 0.2) is 17.5 Å². The fourth-order valence-electron chi connectivity index (χ4n) is 2.29. The number of nitrogens with two attached hydrogens (primary N) is 1. The Morgan fingerprint density at radius 3 is 2.57 bits per heavy atom. The Morgan fingerprint density at radius 1 is 1.33 bits per heavy atom. The highest BCUT2D eigenvalue weighted by Gasteiger charge is 2.27. The third-order valence-corrected chi connectivity index (χ3v) is 5.06. The van der Waals surface area contributed by atoms with E-state index in [1.807, 2.05) is 28.7 Å². The summed E-state index contributed by atoms with van der Waals surface area (Å²) in [5.74, 6) is 0.958. The monoisotopic (exact) mass is 327 g/mol. The van der Waals surface area contributed by atoms with Gasteiger partial charge in [0.25, 0.3) is 5.91 Å². The molecule has 0 radical (unpaired) electrons. The van der Waals surface area contributed by atoms with Crippen molar-refractivity contribution in [2.45, 2.75) is 12.5 Å². The molecule has 0 spiro atoms. The number of carbonyl (C=O) groups excluding carboxylic acids is 2. The number of rotatable bonds is 5. The Labute approximate surface area is 133 Å². The van der Waals surface area contributed by atoms with Crippen LogP contribution in [0.2, 0.25) is 0 Å². The van der Waals surface area contributed by atoms with E-state index in [-0.39, 0.29) is 11.8 Å². The van der Waals surface area contributed by atoms with Crippen molar-refractivity contribution in [3.63, 3.8) is 0 Å². The third-order valence-electron chi connectivity index (χ3n) is 3.56. The third kappa shape index (κ3) is 4.21. The number of piperazine rings is 1. The van der Waals surface area contributed by atoms with Gasteiger partial charge in [0.15, 0.2) is 0 Å². The molecular weight excluding hydrogens is 306 g/mol. The highest BCUT2D eigenvalue weighted by atomic mass is 32.2. The molecule has 2 rings (SSSR count). The van der Waals surface area contributed by atoms with E-state index in [1.54, 1.807) is 16.7 Å². The molecule has 0 aromatic carbocycles. The zero-order valence-electron chi connectivity index (χ0n) is 12.2. The van der Waals surface area contributed by atoms with Crippen molar-refractivity contribution in [3.8, 4) is 0 Å². The standard InChI is InChI=1S/C14H21N3O2S2/c1-20-10-4-11(15)13(18)16-5-7-17(8-6-16)14(19)12-3-2-9-21-12/h2-3,9,11H,4-8,10,15H2,1H3/t11-/m0/s1. The Bertz CT molecular complexity index is 471. The van der Waals surface area contributed by atoms with E-state index >= 15 is 0 Å². The summed E-state index contributed by atoms with van der Waals surface area (Å²) in [4.78, 5) is 28.8. The van der Waals surface area contributed by atoms with E-state index in [4.69, 9.17) is 5.73 Å². The lowest BCUT2D eigenvalue weighted by Gasteiger charge is -2.35. The SMILES string of the molecule is CSCC[C@H](N)C(=O)N1CCN(C(=O)c2cccs2)CC1. The normalized spacial score (nSPS) is 16.9. The second kappa shape index (κ2) is 7.82. The van der Waals surface area contributed by atoms with Crippen molar-refractivity contribution in [2.75, 3.05) is 38.2 Å². The molecule has 2 amide bonds. The Morgan fingerprint density at radius 2 is 2.00 bits per heavy atom. The first-order valence-corrected chi connectivity index (χ1v) is 9.27. The number of hydrogen-bond donors (Lipinski definition) is 1. The summed E-state index contributed by atoms with van der Waals surface area (Å²) in [7, 11) is 0. The fourth-order valence-corrected chi connectivity index (χ4v) is 3.47. The van der Waals surface area contributed by atoms with Crippen LogP contribution < -0.4 is 5.73 Å². The maximum atomic E-state index is 12.2. The van der Waals surface area contributed by atoms with Crippen LogP contribution in [-0.4, -0.2) is 65.8 Å². The molecule has 0 unspecified atom stereocenters. The van der Waals surface area contributed by atoms with Gasteiger partial charge < -0.3 is 15.5 Å². The minimum Gasteiger partial charge on any atom is -0.338 e. The molecule has 1 saturated heterocycles. The van der Waals surface area contributed by atoms with Crippen molar-refractivity contribution in [3.05, 3.63) is 22.4 Å². The molecule has 1 aromatic heterocycles. The predicted molar refractivity (Wildman–Crippen MR) is 87.8 cm³/mol. The molecule has 21 heavy (non-hydrogen) atoms. The van der Waals surface area contributed by atoms with Crippen LogP contribution in [0.1, 0.15) is 16.1 Å². The first-order chi connectivity index (χ1) is 10.1. The maximum absolute atomic E-state index is 12.2. The molecule has 0 bridgehead atoms. The molecule has 7 heteroatoms. The molecule has 1 aliphatic rings. The van der Waals surface area contributed by atoms with Crippen molar-refractivity contribution < 1.29 is 9.59 Å². The average molecular weight is 327 g/mol. The molecule has 2 heterocycles. The minimum absolute atomic E-state index is 0.00673. The number of amides is 2. The van der Waals surface area contributed by atoms with Gasteiger partial charge in [-0.25, -0.2) is 0 Å². The Hall–Kier alpha value is -1.05. The van der Waals surface area contributed by atoms with Gasteiger partial charge in [0.1, 0.15) is 0 Å². The summed E-state index contributed by atoms with van der Waals surface area (Å²) in [6, 6.07) is 3.29. The van der Waals surface area contributed by atoms with Crippen LogP contribution in [0.4, 0.5) is 0 Å². The van der Waals surface area contributed by atoms with Gasteiger partial charge >= 0.3 is 0 Å². The Kier molecular flexibility index (Phi) is 6.08. The summed E-state index contributed by atoms with van der Waals surface area (Å²) in [6.45, 7) is 2.31. The zero-order valence-corrected chi connectivity index (χ0v) is 13.8. The second-order valence-corrected chi connectivity index (χ2v) is 6.92. The van der Waals surface area contributed by atoms with Crippen LogP contribution in [0.3, 0.4) is 0 Å².